The average Bonchev–Trinajstić information content (AvgIpc) is 2.57. The van der Waals surface area contributed by atoms with Crippen LogP contribution >= 0.6 is 11.8 Å². The summed E-state index contributed by atoms with van der Waals surface area (Å²) in [4.78, 5) is 1.67. The van der Waals surface area contributed by atoms with Gasteiger partial charge >= 0.3 is 0 Å². The zero-order valence-corrected chi connectivity index (χ0v) is 17.1. The molecule has 0 fully saturated rings. The Kier molecular flexibility index (Phi) is 13.3. The maximum atomic E-state index is 2.38. The van der Waals surface area contributed by atoms with Crippen molar-refractivity contribution in [3.63, 3.8) is 0 Å². The first-order valence-electron chi connectivity index (χ1n) is 10.6. The molecular weight excluding hydrogens is 296 g/mol. The van der Waals surface area contributed by atoms with Gasteiger partial charge in [0.15, 0.2) is 0 Å². The van der Waals surface area contributed by atoms with E-state index in [-0.39, 0.29) is 0 Å². The average molecular weight is 339 g/mol. The van der Waals surface area contributed by atoms with Crippen molar-refractivity contribution >= 4 is 11.8 Å². The van der Waals surface area contributed by atoms with Gasteiger partial charge in [0.05, 0.1) is 0 Å². The molecule has 0 aromatic heterocycles. The second-order valence-corrected chi connectivity index (χ2v) is 8.80. The molecule has 1 atom stereocenters. The molecule has 0 radical (unpaired) electrons. The van der Waals surface area contributed by atoms with Crippen molar-refractivity contribution in [3.05, 3.63) is 10.5 Å². The van der Waals surface area contributed by atoms with Gasteiger partial charge in [-0.2, -0.15) is 0 Å². The molecule has 0 bridgehead atoms. The first-order valence-corrected chi connectivity index (χ1v) is 11.6. The van der Waals surface area contributed by atoms with Crippen LogP contribution in [-0.4, -0.2) is 5.75 Å². The van der Waals surface area contributed by atoms with Gasteiger partial charge in [0.1, 0.15) is 0 Å². The van der Waals surface area contributed by atoms with E-state index in [9.17, 15) is 0 Å². The van der Waals surface area contributed by atoms with Gasteiger partial charge in [-0.25, -0.2) is 0 Å². The molecule has 0 aliphatic carbocycles. The van der Waals surface area contributed by atoms with Crippen molar-refractivity contribution in [2.45, 2.75) is 117 Å². The summed E-state index contributed by atoms with van der Waals surface area (Å²) in [6.45, 7) is 7.03. The Balaban J connectivity index is 2.19. The minimum atomic E-state index is 0.910. The van der Waals surface area contributed by atoms with Crippen LogP contribution in [0.3, 0.4) is 0 Å². The normalized spacial score (nSPS) is 16.8. The Morgan fingerprint density at radius 2 is 1.35 bits per heavy atom. The lowest BCUT2D eigenvalue weighted by atomic mass is 9.85. The van der Waals surface area contributed by atoms with Gasteiger partial charge in [-0.3, -0.25) is 0 Å². The molecule has 23 heavy (non-hydrogen) atoms. The smallest absolute Gasteiger partial charge is 0.00203 e. The monoisotopic (exact) mass is 338 g/mol. The molecule has 0 saturated heterocycles. The fourth-order valence-corrected chi connectivity index (χ4v) is 4.94. The molecule has 1 unspecified atom stereocenters. The molecule has 0 aromatic rings. The summed E-state index contributed by atoms with van der Waals surface area (Å²) in [5, 5.41) is 0. The fourth-order valence-electron chi connectivity index (χ4n) is 3.89. The van der Waals surface area contributed by atoms with Crippen LogP contribution in [0, 0.1) is 5.92 Å². The second-order valence-electron chi connectivity index (χ2n) is 7.49. The van der Waals surface area contributed by atoms with Crippen LogP contribution in [0.1, 0.15) is 117 Å². The molecule has 0 amide bonds. The molecular formula is C22H42S. The highest BCUT2D eigenvalue weighted by Crippen LogP contribution is 2.37. The zero-order chi connectivity index (χ0) is 16.8. The Hall–Kier alpha value is 0.0900. The molecule has 0 nitrogen and oxygen atoms in total. The largest absolute Gasteiger partial charge is 0.131 e. The van der Waals surface area contributed by atoms with Crippen molar-refractivity contribution in [2.24, 2.45) is 5.92 Å². The lowest BCUT2D eigenvalue weighted by molar-refractivity contribution is 0.446. The lowest BCUT2D eigenvalue weighted by Crippen LogP contribution is -2.10. The minimum Gasteiger partial charge on any atom is -0.131 e. The number of hydrogen-bond donors (Lipinski definition) is 0. The third kappa shape index (κ3) is 9.85. The third-order valence-electron chi connectivity index (χ3n) is 5.42. The van der Waals surface area contributed by atoms with Gasteiger partial charge in [-0.05, 0) is 49.2 Å². The van der Waals surface area contributed by atoms with E-state index < -0.39 is 0 Å². The molecule has 136 valence electrons. The van der Waals surface area contributed by atoms with Gasteiger partial charge in [0.25, 0.3) is 0 Å². The van der Waals surface area contributed by atoms with E-state index in [1.807, 2.05) is 5.57 Å². The molecule has 0 aromatic carbocycles. The summed E-state index contributed by atoms with van der Waals surface area (Å²) in [5.41, 5.74) is 1.84. The summed E-state index contributed by atoms with van der Waals surface area (Å²) in [6, 6.07) is 0. The molecule has 0 N–H and O–H groups in total. The Morgan fingerprint density at radius 1 is 0.783 bits per heavy atom. The highest BCUT2D eigenvalue weighted by atomic mass is 32.2. The van der Waals surface area contributed by atoms with Crippen molar-refractivity contribution in [1.82, 2.24) is 0 Å². The number of rotatable bonds is 14. The zero-order valence-electron chi connectivity index (χ0n) is 16.3. The maximum absolute atomic E-state index is 2.38. The lowest BCUT2D eigenvalue weighted by Gasteiger charge is -2.26. The first kappa shape index (κ1) is 21.1. The van der Waals surface area contributed by atoms with Crippen molar-refractivity contribution in [1.29, 1.82) is 0 Å². The van der Waals surface area contributed by atoms with E-state index in [0.29, 0.717) is 0 Å². The standard InChI is InChI=1S/C22H42S/c1-4-6-8-9-10-11-12-13-14-17-21(16-7-5-2)22-18-15-19-23-20(22)3/h21H,4-19H2,1-3H3. The Morgan fingerprint density at radius 3 is 1.96 bits per heavy atom. The number of hydrogen-bond acceptors (Lipinski definition) is 1. The third-order valence-corrected chi connectivity index (χ3v) is 6.60. The van der Waals surface area contributed by atoms with Crippen molar-refractivity contribution < 1.29 is 0 Å². The van der Waals surface area contributed by atoms with Crippen LogP contribution in [0.4, 0.5) is 0 Å². The van der Waals surface area contributed by atoms with Crippen LogP contribution in [0.5, 0.6) is 0 Å². The minimum absolute atomic E-state index is 0.910. The first-order chi connectivity index (χ1) is 11.3. The molecule has 0 spiro atoms. The van der Waals surface area contributed by atoms with Crippen LogP contribution in [0.25, 0.3) is 0 Å². The topological polar surface area (TPSA) is 0 Å². The number of unbranched alkanes of at least 4 members (excludes halogenated alkanes) is 9. The molecule has 1 aliphatic heterocycles. The van der Waals surface area contributed by atoms with Crippen LogP contribution < -0.4 is 0 Å². The summed E-state index contributed by atoms with van der Waals surface area (Å²) < 4.78 is 0. The van der Waals surface area contributed by atoms with Crippen molar-refractivity contribution in [3.8, 4) is 0 Å². The molecule has 1 rings (SSSR count). The van der Waals surface area contributed by atoms with Crippen LogP contribution in [-0.2, 0) is 0 Å². The van der Waals surface area contributed by atoms with E-state index in [0.717, 1.165) is 5.92 Å². The Labute approximate surface area is 151 Å². The summed E-state index contributed by atoms with van der Waals surface area (Å²) in [6.07, 6.45) is 21.6. The van der Waals surface area contributed by atoms with E-state index >= 15 is 0 Å². The van der Waals surface area contributed by atoms with E-state index in [4.69, 9.17) is 0 Å². The Bertz CT molecular complexity index is 305. The SMILES string of the molecule is CCCCCCCCCCCC(CCCC)C1=C(C)SCCC1. The molecule has 1 heterocycles. The number of thioether (sulfide) groups is 1. The van der Waals surface area contributed by atoms with Gasteiger partial charge in [0.2, 0.25) is 0 Å². The highest BCUT2D eigenvalue weighted by molar-refractivity contribution is 8.03. The second kappa shape index (κ2) is 14.4. The van der Waals surface area contributed by atoms with E-state index in [1.54, 1.807) is 4.91 Å². The molecule has 0 saturated carbocycles. The van der Waals surface area contributed by atoms with Crippen LogP contribution in [0.15, 0.2) is 10.5 Å². The summed E-state index contributed by atoms with van der Waals surface area (Å²) >= 11 is 2.12. The highest BCUT2D eigenvalue weighted by Gasteiger charge is 2.19. The molecule has 1 heteroatoms. The predicted molar refractivity (Wildman–Crippen MR) is 109 cm³/mol. The number of allylic oxidation sites excluding steroid dienone is 2. The maximum Gasteiger partial charge on any atom is -0.00203 e. The van der Waals surface area contributed by atoms with Gasteiger partial charge in [0, 0.05) is 0 Å². The van der Waals surface area contributed by atoms with Gasteiger partial charge < -0.3 is 0 Å². The predicted octanol–water partition coefficient (Wildman–Crippen LogP) is 8.51. The van der Waals surface area contributed by atoms with Crippen LogP contribution in [0.2, 0.25) is 0 Å². The summed E-state index contributed by atoms with van der Waals surface area (Å²) in [7, 11) is 0. The summed E-state index contributed by atoms with van der Waals surface area (Å²) in [5.74, 6) is 2.26. The van der Waals surface area contributed by atoms with Crippen molar-refractivity contribution in [2.75, 3.05) is 5.75 Å². The quantitative estimate of drug-likeness (QED) is 0.286. The fraction of sp³-hybridized carbons (Fsp3) is 0.909. The molecule has 1 aliphatic rings. The van der Waals surface area contributed by atoms with Gasteiger partial charge in [-0.1, -0.05) is 90.0 Å². The van der Waals surface area contributed by atoms with E-state index in [1.165, 1.54) is 102 Å². The van der Waals surface area contributed by atoms with Gasteiger partial charge in [-0.15, -0.1) is 11.8 Å². The van der Waals surface area contributed by atoms with E-state index in [2.05, 4.69) is 32.5 Å².